The molecule has 144 valence electrons. The van der Waals surface area contributed by atoms with Crippen molar-refractivity contribution < 1.29 is 19.0 Å². The molecule has 3 rings (SSSR count). The number of rotatable bonds is 6. The highest BCUT2D eigenvalue weighted by Crippen LogP contribution is 2.28. The Morgan fingerprint density at radius 2 is 2.07 bits per heavy atom. The van der Waals surface area contributed by atoms with Crippen LogP contribution in [-0.4, -0.2) is 44.0 Å². The standard InChI is InChI=1S/C20H24FN3O3/c1-24-10-2-3-14-11-16(6-9-19(14)24)23-20(26)22-12-17(25)13-27-18-7-4-15(21)5-8-18/h4-9,11,17,25H,2-3,10,12-13H2,1H3,(H2,22,23,26)/t17-/m0/s1. The van der Waals surface area contributed by atoms with E-state index in [1.54, 1.807) is 0 Å². The zero-order valence-electron chi connectivity index (χ0n) is 15.2. The van der Waals surface area contributed by atoms with Gasteiger partial charge in [-0.1, -0.05) is 0 Å². The van der Waals surface area contributed by atoms with Crippen molar-refractivity contribution in [1.29, 1.82) is 0 Å². The minimum Gasteiger partial charge on any atom is -0.491 e. The zero-order chi connectivity index (χ0) is 19.2. The van der Waals surface area contributed by atoms with Gasteiger partial charge in [-0.15, -0.1) is 0 Å². The number of carbonyl (C=O) groups is 1. The quantitative estimate of drug-likeness (QED) is 0.728. The van der Waals surface area contributed by atoms with E-state index >= 15 is 0 Å². The molecule has 0 saturated heterocycles. The van der Waals surface area contributed by atoms with Crippen molar-refractivity contribution in [2.45, 2.75) is 18.9 Å². The molecule has 0 unspecified atom stereocenters. The van der Waals surface area contributed by atoms with Gasteiger partial charge >= 0.3 is 6.03 Å². The Labute approximate surface area is 157 Å². The van der Waals surface area contributed by atoms with Crippen molar-refractivity contribution in [2.24, 2.45) is 0 Å². The van der Waals surface area contributed by atoms with Crippen LogP contribution < -0.4 is 20.3 Å². The van der Waals surface area contributed by atoms with Crippen LogP contribution in [0.15, 0.2) is 42.5 Å². The van der Waals surface area contributed by atoms with E-state index in [-0.39, 0.29) is 25.0 Å². The van der Waals surface area contributed by atoms with Crippen LogP contribution in [0.1, 0.15) is 12.0 Å². The van der Waals surface area contributed by atoms with Crippen LogP contribution in [-0.2, 0) is 6.42 Å². The Balaban J connectivity index is 1.43. The molecule has 2 aromatic carbocycles. The van der Waals surface area contributed by atoms with Gasteiger partial charge in [0, 0.05) is 31.5 Å². The Bertz CT molecular complexity index is 783. The lowest BCUT2D eigenvalue weighted by Gasteiger charge is -2.27. The first-order chi connectivity index (χ1) is 13.0. The molecule has 3 N–H and O–H groups in total. The third kappa shape index (κ3) is 5.34. The first-order valence-electron chi connectivity index (χ1n) is 8.96. The first-order valence-corrected chi connectivity index (χ1v) is 8.96. The topological polar surface area (TPSA) is 73.8 Å². The Kier molecular flexibility index (Phi) is 6.13. The normalized spacial score (nSPS) is 14.3. The number of ether oxygens (including phenoxy) is 1. The van der Waals surface area contributed by atoms with Gasteiger partial charge in [-0.2, -0.15) is 0 Å². The zero-order valence-corrected chi connectivity index (χ0v) is 15.2. The molecule has 0 spiro atoms. The van der Waals surface area contributed by atoms with Gasteiger partial charge in [0.1, 0.15) is 24.3 Å². The second kappa shape index (κ2) is 8.73. The molecule has 0 fully saturated rings. The summed E-state index contributed by atoms with van der Waals surface area (Å²) in [5, 5.41) is 15.3. The summed E-state index contributed by atoms with van der Waals surface area (Å²) >= 11 is 0. The van der Waals surface area contributed by atoms with Gasteiger partial charge in [-0.25, -0.2) is 9.18 Å². The fourth-order valence-corrected chi connectivity index (χ4v) is 3.03. The third-order valence-electron chi connectivity index (χ3n) is 4.44. The maximum Gasteiger partial charge on any atom is 0.319 e. The van der Waals surface area contributed by atoms with Gasteiger partial charge in [0.15, 0.2) is 0 Å². The number of nitrogens with one attached hydrogen (secondary N) is 2. The van der Waals surface area contributed by atoms with Crippen molar-refractivity contribution in [3.63, 3.8) is 0 Å². The molecule has 0 radical (unpaired) electrons. The molecule has 2 amide bonds. The van der Waals surface area contributed by atoms with Crippen molar-refractivity contribution in [3.8, 4) is 5.75 Å². The number of carbonyl (C=O) groups excluding carboxylic acids is 1. The summed E-state index contributed by atoms with van der Waals surface area (Å²) in [7, 11) is 2.06. The number of amides is 2. The van der Waals surface area contributed by atoms with Crippen LogP contribution >= 0.6 is 0 Å². The fraction of sp³-hybridized carbons (Fsp3) is 0.350. The Morgan fingerprint density at radius 1 is 1.30 bits per heavy atom. The second-order valence-corrected chi connectivity index (χ2v) is 6.62. The number of anilines is 2. The molecule has 27 heavy (non-hydrogen) atoms. The smallest absolute Gasteiger partial charge is 0.319 e. The largest absolute Gasteiger partial charge is 0.491 e. The van der Waals surface area contributed by atoms with Crippen LogP contribution in [0.2, 0.25) is 0 Å². The predicted molar refractivity (Wildman–Crippen MR) is 103 cm³/mol. The highest BCUT2D eigenvalue weighted by atomic mass is 19.1. The minimum absolute atomic E-state index is 0.00288. The van der Waals surface area contributed by atoms with E-state index in [0.29, 0.717) is 5.75 Å². The SMILES string of the molecule is CN1CCCc2cc(NC(=O)NC[C@H](O)COc3ccc(F)cc3)ccc21. The molecule has 1 aliphatic rings. The molecule has 1 heterocycles. The monoisotopic (exact) mass is 373 g/mol. The number of aryl methyl sites for hydroxylation is 1. The molecule has 0 saturated carbocycles. The summed E-state index contributed by atoms with van der Waals surface area (Å²) in [6.45, 7) is 1.08. The summed E-state index contributed by atoms with van der Waals surface area (Å²) in [5.41, 5.74) is 3.13. The molecule has 2 aromatic rings. The molecular weight excluding hydrogens is 349 g/mol. The van der Waals surface area contributed by atoms with E-state index in [9.17, 15) is 14.3 Å². The average Bonchev–Trinajstić information content (AvgIpc) is 2.66. The van der Waals surface area contributed by atoms with Gasteiger partial charge in [-0.05, 0) is 60.9 Å². The molecule has 0 aliphatic carbocycles. The van der Waals surface area contributed by atoms with Gasteiger partial charge in [0.25, 0.3) is 0 Å². The lowest BCUT2D eigenvalue weighted by molar-refractivity contribution is 0.108. The summed E-state index contributed by atoms with van der Waals surface area (Å²) < 4.78 is 18.2. The van der Waals surface area contributed by atoms with Crippen LogP contribution in [0.25, 0.3) is 0 Å². The van der Waals surface area contributed by atoms with Crippen LogP contribution in [0.4, 0.5) is 20.6 Å². The van der Waals surface area contributed by atoms with E-state index in [1.165, 1.54) is 35.5 Å². The average molecular weight is 373 g/mol. The van der Waals surface area contributed by atoms with Gasteiger partial charge in [0.05, 0.1) is 0 Å². The Morgan fingerprint density at radius 3 is 2.85 bits per heavy atom. The maximum atomic E-state index is 12.8. The number of urea groups is 1. The number of halogens is 1. The number of fused-ring (bicyclic) bond motifs is 1. The Hall–Kier alpha value is -2.80. The van der Waals surface area contributed by atoms with Crippen molar-refractivity contribution in [3.05, 3.63) is 53.8 Å². The molecule has 6 nitrogen and oxygen atoms in total. The van der Waals surface area contributed by atoms with Crippen LogP contribution in [0, 0.1) is 5.82 Å². The number of benzene rings is 2. The van der Waals surface area contributed by atoms with E-state index in [1.807, 2.05) is 18.2 Å². The molecule has 0 aromatic heterocycles. The van der Waals surface area contributed by atoms with Crippen molar-refractivity contribution in [1.82, 2.24) is 5.32 Å². The van der Waals surface area contributed by atoms with Gasteiger partial charge in [0.2, 0.25) is 0 Å². The van der Waals surface area contributed by atoms with Gasteiger partial charge in [-0.3, -0.25) is 0 Å². The summed E-state index contributed by atoms with van der Waals surface area (Å²) in [4.78, 5) is 14.2. The highest BCUT2D eigenvalue weighted by Gasteiger charge is 2.14. The van der Waals surface area contributed by atoms with Crippen molar-refractivity contribution in [2.75, 3.05) is 37.0 Å². The molecular formula is C20H24FN3O3. The van der Waals surface area contributed by atoms with E-state index in [4.69, 9.17) is 4.74 Å². The van der Waals surface area contributed by atoms with E-state index < -0.39 is 6.10 Å². The van der Waals surface area contributed by atoms with E-state index in [0.717, 1.165) is 25.1 Å². The number of hydrogen-bond donors (Lipinski definition) is 3. The van der Waals surface area contributed by atoms with Crippen molar-refractivity contribution >= 4 is 17.4 Å². The van der Waals surface area contributed by atoms with E-state index in [2.05, 4.69) is 22.6 Å². The van der Waals surface area contributed by atoms with Crippen LogP contribution in [0.3, 0.4) is 0 Å². The number of aliphatic hydroxyl groups excluding tert-OH is 1. The molecule has 0 bridgehead atoms. The first kappa shape index (κ1) is 19.0. The maximum absolute atomic E-state index is 12.8. The lowest BCUT2D eigenvalue weighted by Crippen LogP contribution is -2.37. The lowest BCUT2D eigenvalue weighted by atomic mass is 10.0. The summed E-state index contributed by atoms with van der Waals surface area (Å²) in [6.07, 6.45) is 1.22. The highest BCUT2D eigenvalue weighted by molar-refractivity contribution is 5.89. The molecule has 1 aliphatic heterocycles. The third-order valence-corrected chi connectivity index (χ3v) is 4.44. The summed E-state index contributed by atoms with van der Waals surface area (Å²) in [5.74, 6) is 0.106. The second-order valence-electron chi connectivity index (χ2n) is 6.62. The number of aliphatic hydroxyl groups is 1. The molecule has 7 heteroatoms. The number of nitrogens with zero attached hydrogens (tertiary/aromatic N) is 1. The van der Waals surface area contributed by atoms with Crippen LogP contribution in [0.5, 0.6) is 5.75 Å². The molecule has 1 atom stereocenters. The summed E-state index contributed by atoms with van der Waals surface area (Å²) in [6, 6.07) is 11.0. The fourth-order valence-electron chi connectivity index (χ4n) is 3.03. The number of hydrogen-bond acceptors (Lipinski definition) is 4. The minimum atomic E-state index is -0.877. The predicted octanol–water partition coefficient (Wildman–Crippen LogP) is 2.77. The van der Waals surface area contributed by atoms with Gasteiger partial charge < -0.3 is 25.4 Å².